The molecule has 2 N–H and O–H groups in total. The molecule has 0 bridgehead atoms. The quantitative estimate of drug-likeness (QED) is 0.723. The zero-order chi connectivity index (χ0) is 11.4. The number of methoxy groups -OCH3 is 1. The number of hydrogen-bond acceptors (Lipinski definition) is 3. The zero-order valence-electron chi connectivity index (χ0n) is 8.01. The van der Waals surface area contributed by atoms with E-state index in [1.54, 1.807) is 12.1 Å². The van der Waals surface area contributed by atoms with Crippen LogP contribution in [0.25, 0.3) is 0 Å². The van der Waals surface area contributed by atoms with E-state index in [1.807, 2.05) is 0 Å². The summed E-state index contributed by atoms with van der Waals surface area (Å²) in [5.41, 5.74) is 0.189. The molecule has 0 spiro atoms. The van der Waals surface area contributed by atoms with Crippen molar-refractivity contribution in [1.29, 1.82) is 0 Å². The molecule has 0 aliphatic rings. The lowest BCUT2D eigenvalue weighted by atomic mass is 9.99. The molecule has 0 aliphatic heterocycles. The lowest BCUT2D eigenvalue weighted by Crippen LogP contribution is -2.20. The topological polar surface area (TPSA) is 83.8 Å². The number of carboxylic acids is 2. The van der Waals surface area contributed by atoms with Crippen LogP contribution in [0, 0.1) is 0 Å². The van der Waals surface area contributed by atoms with Gasteiger partial charge in [0, 0.05) is 0 Å². The van der Waals surface area contributed by atoms with E-state index in [4.69, 9.17) is 14.9 Å². The monoisotopic (exact) mass is 210 g/mol. The van der Waals surface area contributed by atoms with Crippen molar-refractivity contribution in [2.24, 2.45) is 0 Å². The highest BCUT2D eigenvalue weighted by molar-refractivity contribution is 5.99. The average molecular weight is 210 g/mol. The summed E-state index contributed by atoms with van der Waals surface area (Å²) >= 11 is 0. The molecule has 15 heavy (non-hydrogen) atoms. The van der Waals surface area contributed by atoms with E-state index >= 15 is 0 Å². The van der Waals surface area contributed by atoms with E-state index in [0.717, 1.165) is 0 Å². The van der Waals surface area contributed by atoms with Crippen LogP contribution in [0.1, 0.15) is 11.5 Å². The lowest BCUT2D eigenvalue weighted by Gasteiger charge is -2.08. The summed E-state index contributed by atoms with van der Waals surface area (Å²) in [7, 11) is 1.43. The fraction of sp³-hybridized carbons (Fsp3) is 0.200. The van der Waals surface area contributed by atoms with E-state index in [9.17, 15) is 9.59 Å². The number of benzene rings is 1. The van der Waals surface area contributed by atoms with Crippen LogP contribution in [-0.2, 0) is 9.59 Å². The van der Waals surface area contributed by atoms with Gasteiger partial charge in [-0.25, -0.2) is 0 Å². The Hall–Kier alpha value is -2.04. The summed E-state index contributed by atoms with van der Waals surface area (Å²) in [6, 6.07) is 6.00. The van der Waals surface area contributed by atoms with Crippen LogP contribution < -0.4 is 4.74 Å². The van der Waals surface area contributed by atoms with Crippen molar-refractivity contribution in [3.8, 4) is 5.75 Å². The molecular weight excluding hydrogens is 200 g/mol. The molecule has 5 nitrogen and oxygen atoms in total. The van der Waals surface area contributed by atoms with Gasteiger partial charge in [-0.15, -0.1) is 0 Å². The van der Waals surface area contributed by atoms with Gasteiger partial charge in [0.05, 0.1) is 7.11 Å². The molecule has 0 saturated carbocycles. The van der Waals surface area contributed by atoms with Crippen molar-refractivity contribution in [3.63, 3.8) is 0 Å². The highest BCUT2D eigenvalue weighted by atomic mass is 16.5. The van der Waals surface area contributed by atoms with Crippen LogP contribution in [0.3, 0.4) is 0 Å². The number of carbonyl (C=O) groups is 2. The Labute approximate surface area is 85.9 Å². The molecule has 5 heteroatoms. The van der Waals surface area contributed by atoms with Crippen LogP contribution in [0.5, 0.6) is 5.75 Å². The summed E-state index contributed by atoms with van der Waals surface area (Å²) in [6.07, 6.45) is 0. The molecule has 0 unspecified atom stereocenters. The summed E-state index contributed by atoms with van der Waals surface area (Å²) in [4.78, 5) is 21.4. The predicted octanol–water partition coefficient (Wildman–Crippen LogP) is 0.948. The third kappa shape index (κ3) is 2.46. The minimum atomic E-state index is -1.56. The maximum Gasteiger partial charge on any atom is 0.322 e. The second kappa shape index (κ2) is 4.45. The first-order chi connectivity index (χ1) is 7.06. The predicted molar refractivity (Wildman–Crippen MR) is 51.0 cm³/mol. The van der Waals surface area contributed by atoms with Gasteiger partial charge in [-0.05, 0) is 17.7 Å². The van der Waals surface area contributed by atoms with Gasteiger partial charge in [-0.3, -0.25) is 9.59 Å². The maximum atomic E-state index is 10.7. The first-order valence-electron chi connectivity index (χ1n) is 4.16. The molecule has 1 aromatic carbocycles. The molecule has 0 fully saturated rings. The van der Waals surface area contributed by atoms with Crippen molar-refractivity contribution >= 4 is 11.9 Å². The van der Waals surface area contributed by atoms with Gasteiger partial charge in [0.1, 0.15) is 5.75 Å². The van der Waals surface area contributed by atoms with E-state index in [0.29, 0.717) is 5.75 Å². The Kier molecular flexibility index (Phi) is 3.28. The minimum absolute atomic E-state index is 0.189. The number of carboxylic acid groups (broad SMARTS) is 2. The van der Waals surface area contributed by atoms with Crippen molar-refractivity contribution in [2.45, 2.75) is 5.92 Å². The second-order valence-electron chi connectivity index (χ2n) is 2.89. The van der Waals surface area contributed by atoms with Gasteiger partial charge in [0.25, 0.3) is 0 Å². The first-order valence-corrected chi connectivity index (χ1v) is 4.16. The Morgan fingerprint density at radius 3 is 2.33 bits per heavy atom. The zero-order valence-corrected chi connectivity index (χ0v) is 8.01. The van der Waals surface area contributed by atoms with E-state index in [2.05, 4.69) is 0 Å². The minimum Gasteiger partial charge on any atom is -0.497 e. The van der Waals surface area contributed by atoms with E-state index < -0.39 is 17.9 Å². The van der Waals surface area contributed by atoms with Crippen LogP contribution in [0.15, 0.2) is 24.3 Å². The molecule has 0 amide bonds. The van der Waals surface area contributed by atoms with E-state index in [-0.39, 0.29) is 5.56 Å². The lowest BCUT2D eigenvalue weighted by molar-refractivity contribution is -0.150. The summed E-state index contributed by atoms with van der Waals surface area (Å²) in [5, 5.41) is 17.5. The van der Waals surface area contributed by atoms with Gasteiger partial charge in [0.15, 0.2) is 5.92 Å². The molecule has 1 aromatic rings. The number of aliphatic carboxylic acids is 2. The normalized spacial score (nSPS) is 10.0. The van der Waals surface area contributed by atoms with Gasteiger partial charge < -0.3 is 14.9 Å². The average Bonchev–Trinajstić information content (AvgIpc) is 2.17. The van der Waals surface area contributed by atoms with Crippen molar-refractivity contribution in [3.05, 3.63) is 29.8 Å². The molecule has 0 atom stereocenters. The molecule has 0 radical (unpaired) electrons. The highest BCUT2D eigenvalue weighted by Crippen LogP contribution is 2.21. The third-order valence-corrected chi connectivity index (χ3v) is 1.92. The molecule has 0 heterocycles. The first kappa shape index (κ1) is 11.0. The molecule has 1 rings (SSSR count). The van der Waals surface area contributed by atoms with Gasteiger partial charge in [-0.1, -0.05) is 12.1 Å². The standard InChI is InChI=1S/C10H10O5/c1-15-7-4-2-3-6(5-7)8(9(11)12)10(13)14/h2-5,8H,1H3,(H,11,12)(H,13,14). The van der Waals surface area contributed by atoms with Crippen molar-refractivity contribution < 1.29 is 24.5 Å². The van der Waals surface area contributed by atoms with Gasteiger partial charge in [0.2, 0.25) is 0 Å². The van der Waals surface area contributed by atoms with Crippen molar-refractivity contribution in [1.82, 2.24) is 0 Å². The SMILES string of the molecule is COc1cccc(C(C(=O)O)C(=O)O)c1. The molecular formula is C10H10O5. The van der Waals surface area contributed by atoms with Crippen LogP contribution in [0.4, 0.5) is 0 Å². The molecule has 0 aromatic heterocycles. The van der Waals surface area contributed by atoms with Gasteiger partial charge in [-0.2, -0.15) is 0 Å². The number of hydrogen-bond donors (Lipinski definition) is 2. The van der Waals surface area contributed by atoms with Gasteiger partial charge >= 0.3 is 11.9 Å². The van der Waals surface area contributed by atoms with Crippen LogP contribution in [-0.4, -0.2) is 29.3 Å². The smallest absolute Gasteiger partial charge is 0.322 e. The molecule has 80 valence electrons. The second-order valence-corrected chi connectivity index (χ2v) is 2.89. The highest BCUT2D eigenvalue weighted by Gasteiger charge is 2.27. The number of ether oxygens (including phenoxy) is 1. The Morgan fingerprint density at radius 1 is 1.27 bits per heavy atom. The Balaban J connectivity index is 3.11. The molecule has 0 aliphatic carbocycles. The fourth-order valence-corrected chi connectivity index (χ4v) is 1.21. The summed E-state index contributed by atoms with van der Waals surface area (Å²) in [5.74, 6) is -3.91. The number of rotatable bonds is 4. The van der Waals surface area contributed by atoms with Crippen molar-refractivity contribution in [2.75, 3.05) is 7.11 Å². The summed E-state index contributed by atoms with van der Waals surface area (Å²) < 4.78 is 4.88. The van der Waals surface area contributed by atoms with Crippen LogP contribution in [0.2, 0.25) is 0 Å². The summed E-state index contributed by atoms with van der Waals surface area (Å²) in [6.45, 7) is 0. The Morgan fingerprint density at radius 2 is 1.87 bits per heavy atom. The van der Waals surface area contributed by atoms with Crippen LogP contribution >= 0.6 is 0 Å². The largest absolute Gasteiger partial charge is 0.497 e. The maximum absolute atomic E-state index is 10.7. The van der Waals surface area contributed by atoms with E-state index in [1.165, 1.54) is 19.2 Å². The third-order valence-electron chi connectivity index (χ3n) is 1.92. The Bertz CT molecular complexity index is 371. The molecule has 0 saturated heterocycles. The fourth-order valence-electron chi connectivity index (χ4n) is 1.21.